The standard InChI is InChI=1S/C17H29NO/c1-7-18-14(5)11-15(6)19-16-8-9-17(12(2)3)13(4)10-16/h8-10,12,14-15,18H,7,11H2,1-6H3. The van der Waals surface area contributed by atoms with Gasteiger partial charge in [-0.1, -0.05) is 26.8 Å². The van der Waals surface area contributed by atoms with Crippen molar-refractivity contribution in [2.24, 2.45) is 0 Å². The molecule has 0 aliphatic heterocycles. The highest BCUT2D eigenvalue weighted by molar-refractivity contribution is 5.36. The Morgan fingerprint density at radius 3 is 2.37 bits per heavy atom. The van der Waals surface area contributed by atoms with Crippen molar-refractivity contribution < 1.29 is 4.74 Å². The first kappa shape index (κ1) is 16.0. The number of ether oxygens (including phenoxy) is 1. The second-order valence-electron chi connectivity index (χ2n) is 5.80. The summed E-state index contributed by atoms with van der Waals surface area (Å²) in [6, 6.07) is 6.94. The van der Waals surface area contributed by atoms with Gasteiger partial charge in [-0.3, -0.25) is 0 Å². The van der Waals surface area contributed by atoms with Gasteiger partial charge in [0.2, 0.25) is 0 Å². The molecule has 0 aliphatic rings. The van der Waals surface area contributed by atoms with E-state index in [1.54, 1.807) is 0 Å². The third-order valence-electron chi connectivity index (χ3n) is 3.44. The SMILES string of the molecule is CCNC(C)CC(C)Oc1ccc(C(C)C)c(C)c1. The first-order valence-corrected chi connectivity index (χ1v) is 7.44. The van der Waals surface area contributed by atoms with Crippen LogP contribution in [0.5, 0.6) is 5.75 Å². The molecule has 0 saturated heterocycles. The Hall–Kier alpha value is -1.02. The summed E-state index contributed by atoms with van der Waals surface area (Å²) in [6.07, 6.45) is 1.26. The van der Waals surface area contributed by atoms with Crippen molar-refractivity contribution in [3.05, 3.63) is 29.3 Å². The average Bonchev–Trinajstić information content (AvgIpc) is 2.28. The number of benzene rings is 1. The molecule has 0 bridgehead atoms. The lowest BCUT2D eigenvalue weighted by Gasteiger charge is -2.20. The van der Waals surface area contributed by atoms with Gasteiger partial charge in [-0.05, 0) is 62.9 Å². The zero-order chi connectivity index (χ0) is 14.4. The number of hydrogen-bond donors (Lipinski definition) is 1. The monoisotopic (exact) mass is 263 g/mol. The summed E-state index contributed by atoms with van der Waals surface area (Å²) in [7, 11) is 0. The molecule has 0 spiro atoms. The molecule has 2 heteroatoms. The second kappa shape index (κ2) is 7.54. The maximum atomic E-state index is 6.01. The minimum Gasteiger partial charge on any atom is -0.491 e. The van der Waals surface area contributed by atoms with Crippen LogP contribution in [0, 0.1) is 6.92 Å². The van der Waals surface area contributed by atoms with E-state index in [9.17, 15) is 0 Å². The quantitative estimate of drug-likeness (QED) is 0.793. The van der Waals surface area contributed by atoms with E-state index in [0.29, 0.717) is 12.0 Å². The molecule has 1 N–H and O–H groups in total. The molecule has 1 rings (SSSR count). The van der Waals surface area contributed by atoms with E-state index in [2.05, 4.69) is 65.1 Å². The van der Waals surface area contributed by atoms with E-state index < -0.39 is 0 Å². The second-order valence-corrected chi connectivity index (χ2v) is 5.80. The predicted molar refractivity (Wildman–Crippen MR) is 83.1 cm³/mol. The van der Waals surface area contributed by atoms with Crippen molar-refractivity contribution in [3.63, 3.8) is 0 Å². The van der Waals surface area contributed by atoms with Crippen LogP contribution in [0.15, 0.2) is 18.2 Å². The molecular weight excluding hydrogens is 234 g/mol. The Morgan fingerprint density at radius 1 is 1.16 bits per heavy atom. The molecule has 0 aromatic heterocycles. The van der Waals surface area contributed by atoms with E-state index in [1.807, 2.05) is 0 Å². The van der Waals surface area contributed by atoms with Crippen LogP contribution in [0.3, 0.4) is 0 Å². The van der Waals surface area contributed by atoms with Gasteiger partial charge in [-0.25, -0.2) is 0 Å². The molecule has 2 nitrogen and oxygen atoms in total. The molecule has 19 heavy (non-hydrogen) atoms. The van der Waals surface area contributed by atoms with E-state index in [-0.39, 0.29) is 6.10 Å². The minimum atomic E-state index is 0.235. The topological polar surface area (TPSA) is 21.3 Å². The number of nitrogens with one attached hydrogen (secondary N) is 1. The Balaban J connectivity index is 2.60. The fraction of sp³-hybridized carbons (Fsp3) is 0.647. The van der Waals surface area contributed by atoms with Crippen molar-refractivity contribution in [1.82, 2.24) is 5.32 Å². The molecule has 1 aromatic carbocycles. The van der Waals surface area contributed by atoms with Gasteiger partial charge in [0.1, 0.15) is 5.75 Å². The lowest BCUT2D eigenvalue weighted by atomic mass is 9.98. The fourth-order valence-corrected chi connectivity index (χ4v) is 2.58. The van der Waals surface area contributed by atoms with Crippen LogP contribution in [-0.4, -0.2) is 18.7 Å². The fourth-order valence-electron chi connectivity index (χ4n) is 2.58. The highest BCUT2D eigenvalue weighted by Gasteiger charge is 2.10. The van der Waals surface area contributed by atoms with Crippen LogP contribution in [0.4, 0.5) is 0 Å². The first-order valence-electron chi connectivity index (χ1n) is 7.44. The maximum Gasteiger partial charge on any atom is 0.119 e. The van der Waals surface area contributed by atoms with Crippen LogP contribution in [0.2, 0.25) is 0 Å². The number of hydrogen-bond acceptors (Lipinski definition) is 2. The molecule has 1 aromatic rings. The maximum absolute atomic E-state index is 6.01. The highest BCUT2D eigenvalue weighted by atomic mass is 16.5. The Bertz CT molecular complexity index is 387. The molecule has 0 aliphatic carbocycles. The van der Waals surface area contributed by atoms with Gasteiger partial charge in [0, 0.05) is 6.04 Å². The Labute approximate surface area is 118 Å². The molecule has 0 saturated carbocycles. The normalized spacial score (nSPS) is 14.5. The van der Waals surface area contributed by atoms with Gasteiger partial charge in [0.25, 0.3) is 0 Å². The lowest BCUT2D eigenvalue weighted by molar-refractivity contribution is 0.196. The van der Waals surface area contributed by atoms with Crippen LogP contribution >= 0.6 is 0 Å². The van der Waals surface area contributed by atoms with Gasteiger partial charge in [0.05, 0.1) is 6.10 Å². The minimum absolute atomic E-state index is 0.235. The molecule has 2 unspecified atom stereocenters. The van der Waals surface area contributed by atoms with Crippen LogP contribution < -0.4 is 10.1 Å². The largest absolute Gasteiger partial charge is 0.491 e. The summed E-state index contributed by atoms with van der Waals surface area (Å²) >= 11 is 0. The summed E-state index contributed by atoms with van der Waals surface area (Å²) in [5, 5.41) is 3.42. The molecule has 108 valence electrons. The van der Waals surface area contributed by atoms with Crippen molar-refractivity contribution in [3.8, 4) is 5.75 Å². The smallest absolute Gasteiger partial charge is 0.119 e. The summed E-state index contributed by atoms with van der Waals surface area (Å²) < 4.78 is 6.01. The number of aryl methyl sites for hydroxylation is 1. The van der Waals surface area contributed by atoms with Gasteiger partial charge in [0.15, 0.2) is 0 Å². The van der Waals surface area contributed by atoms with Gasteiger partial charge >= 0.3 is 0 Å². The molecule has 2 atom stereocenters. The van der Waals surface area contributed by atoms with Gasteiger partial charge < -0.3 is 10.1 Å². The van der Waals surface area contributed by atoms with E-state index >= 15 is 0 Å². The summed E-state index contributed by atoms with van der Waals surface area (Å²) in [5.74, 6) is 1.55. The van der Waals surface area contributed by atoms with E-state index in [0.717, 1.165) is 18.7 Å². The Kier molecular flexibility index (Phi) is 6.36. The van der Waals surface area contributed by atoms with Crippen LogP contribution in [0.1, 0.15) is 58.1 Å². The van der Waals surface area contributed by atoms with Crippen LogP contribution in [-0.2, 0) is 0 Å². The molecule has 0 amide bonds. The summed E-state index contributed by atoms with van der Waals surface area (Å²) in [6.45, 7) is 14.1. The first-order chi connectivity index (χ1) is 8.93. The third-order valence-corrected chi connectivity index (χ3v) is 3.44. The molecular formula is C17H29NO. The molecule has 0 radical (unpaired) electrons. The van der Waals surface area contributed by atoms with E-state index in [1.165, 1.54) is 11.1 Å². The van der Waals surface area contributed by atoms with Crippen molar-refractivity contribution in [2.75, 3.05) is 6.54 Å². The predicted octanol–water partition coefficient (Wildman–Crippen LogP) is 4.27. The summed E-state index contributed by atoms with van der Waals surface area (Å²) in [5.41, 5.74) is 2.72. The van der Waals surface area contributed by atoms with Gasteiger partial charge in [-0.15, -0.1) is 0 Å². The zero-order valence-electron chi connectivity index (χ0n) is 13.3. The molecule has 0 fully saturated rings. The van der Waals surface area contributed by atoms with Crippen molar-refractivity contribution in [1.29, 1.82) is 0 Å². The molecule has 0 heterocycles. The van der Waals surface area contributed by atoms with Crippen molar-refractivity contribution in [2.45, 2.75) is 66.0 Å². The van der Waals surface area contributed by atoms with Crippen LogP contribution in [0.25, 0.3) is 0 Å². The average molecular weight is 263 g/mol. The lowest BCUT2D eigenvalue weighted by Crippen LogP contribution is -2.30. The highest BCUT2D eigenvalue weighted by Crippen LogP contribution is 2.24. The van der Waals surface area contributed by atoms with Crippen molar-refractivity contribution >= 4 is 0 Å². The van der Waals surface area contributed by atoms with Gasteiger partial charge in [-0.2, -0.15) is 0 Å². The summed E-state index contributed by atoms with van der Waals surface area (Å²) in [4.78, 5) is 0. The third kappa shape index (κ3) is 5.23. The number of rotatable bonds is 7. The zero-order valence-corrected chi connectivity index (χ0v) is 13.3. The Morgan fingerprint density at radius 2 is 1.84 bits per heavy atom. The van der Waals surface area contributed by atoms with E-state index in [4.69, 9.17) is 4.74 Å².